The number of pyridine rings is 2. The number of nitrogens with zero attached hydrogens (tertiary/aromatic N) is 2. The fourth-order valence-corrected chi connectivity index (χ4v) is 1.67. The number of nitrogens with one attached hydrogen (secondary N) is 1. The van der Waals surface area contributed by atoms with Crippen molar-refractivity contribution < 1.29 is 13.2 Å². The van der Waals surface area contributed by atoms with E-state index >= 15 is 0 Å². The molecule has 0 saturated carbocycles. The number of hydrogen-bond acceptors (Lipinski definition) is 4. The van der Waals surface area contributed by atoms with Gasteiger partial charge in [0.15, 0.2) is 0 Å². The van der Waals surface area contributed by atoms with Crippen molar-refractivity contribution in [2.45, 2.75) is 19.6 Å². The predicted molar refractivity (Wildman–Crippen MR) is 70.0 cm³/mol. The van der Waals surface area contributed by atoms with Crippen LogP contribution in [-0.2, 0) is 12.7 Å². The van der Waals surface area contributed by atoms with E-state index in [9.17, 15) is 13.2 Å². The zero-order valence-electron chi connectivity index (χ0n) is 10.7. The van der Waals surface area contributed by atoms with E-state index in [0.29, 0.717) is 6.54 Å². The lowest BCUT2D eigenvalue weighted by Crippen LogP contribution is -2.11. The van der Waals surface area contributed by atoms with E-state index < -0.39 is 11.9 Å². The summed E-state index contributed by atoms with van der Waals surface area (Å²) in [6.07, 6.45) is -0.170. The van der Waals surface area contributed by atoms with E-state index in [1.54, 1.807) is 18.5 Å². The van der Waals surface area contributed by atoms with Crippen LogP contribution in [0.4, 0.5) is 24.5 Å². The molecule has 7 heteroatoms. The number of nitrogens with two attached hydrogens (primary N) is 1. The normalized spacial score (nSPS) is 11.4. The van der Waals surface area contributed by atoms with Crippen LogP contribution in [0.3, 0.4) is 0 Å². The minimum atomic E-state index is -4.49. The quantitative estimate of drug-likeness (QED) is 0.908. The molecule has 106 valence electrons. The summed E-state index contributed by atoms with van der Waals surface area (Å²) in [6.45, 7) is 2.24. The molecule has 0 unspecified atom stereocenters. The lowest BCUT2D eigenvalue weighted by molar-refractivity contribution is -0.141. The average molecular weight is 282 g/mol. The molecule has 0 aliphatic carbocycles. The second-order valence-corrected chi connectivity index (χ2v) is 4.31. The van der Waals surface area contributed by atoms with Crippen molar-refractivity contribution in [3.63, 3.8) is 0 Å². The number of aromatic nitrogens is 2. The van der Waals surface area contributed by atoms with Gasteiger partial charge in [-0.2, -0.15) is 13.2 Å². The molecule has 0 saturated heterocycles. The Kier molecular flexibility index (Phi) is 3.78. The molecular formula is C13H13F3N4. The molecule has 20 heavy (non-hydrogen) atoms. The van der Waals surface area contributed by atoms with Crippen molar-refractivity contribution in [2.24, 2.45) is 0 Å². The third kappa shape index (κ3) is 3.17. The van der Waals surface area contributed by atoms with Gasteiger partial charge in [-0.1, -0.05) is 0 Å². The van der Waals surface area contributed by atoms with E-state index in [1.165, 1.54) is 0 Å². The van der Waals surface area contributed by atoms with Gasteiger partial charge in [-0.25, -0.2) is 4.98 Å². The maximum atomic E-state index is 12.6. The highest BCUT2D eigenvalue weighted by Gasteiger charge is 2.32. The van der Waals surface area contributed by atoms with Crippen LogP contribution in [0, 0.1) is 6.92 Å². The van der Waals surface area contributed by atoms with Crippen LogP contribution in [0.1, 0.15) is 16.8 Å². The summed E-state index contributed by atoms with van der Waals surface area (Å²) in [4.78, 5) is 7.24. The van der Waals surface area contributed by atoms with Crippen molar-refractivity contribution in [2.75, 3.05) is 11.1 Å². The van der Waals surface area contributed by atoms with Gasteiger partial charge in [-0.15, -0.1) is 0 Å². The molecule has 0 atom stereocenters. The van der Waals surface area contributed by atoms with Gasteiger partial charge in [-0.05, 0) is 30.2 Å². The van der Waals surface area contributed by atoms with Crippen molar-refractivity contribution in [1.82, 2.24) is 9.97 Å². The van der Waals surface area contributed by atoms with Gasteiger partial charge < -0.3 is 11.1 Å². The van der Waals surface area contributed by atoms with E-state index in [-0.39, 0.29) is 11.4 Å². The highest BCUT2D eigenvalue weighted by molar-refractivity contribution is 5.65. The maximum absolute atomic E-state index is 12.6. The second kappa shape index (κ2) is 5.36. The highest BCUT2D eigenvalue weighted by Crippen LogP contribution is 2.31. The van der Waals surface area contributed by atoms with E-state index in [4.69, 9.17) is 5.73 Å². The fraction of sp³-hybridized carbons (Fsp3) is 0.231. The van der Waals surface area contributed by atoms with Crippen molar-refractivity contribution in [3.8, 4) is 0 Å². The van der Waals surface area contributed by atoms with E-state index in [0.717, 1.165) is 23.4 Å². The number of alkyl halides is 3. The molecule has 0 fully saturated rings. The SMILES string of the molecule is Cc1cnccc1CNc1cc(C(F)(F)F)ncc1N. The summed E-state index contributed by atoms with van der Waals surface area (Å²) in [5, 5.41) is 2.89. The van der Waals surface area contributed by atoms with Gasteiger partial charge in [0.1, 0.15) is 5.69 Å². The molecule has 0 amide bonds. The Labute approximate surface area is 113 Å². The third-order valence-electron chi connectivity index (χ3n) is 2.83. The molecule has 0 aliphatic heterocycles. The fourth-order valence-electron chi connectivity index (χ4n) is 1.67. The molecule has 0 aliphatic rings. The lowest BCUT2D eigenvalue weighted by atomic mass is 10.1. The molecule has 0 spiro atoms. The molecule has 2 aromatic heterocycles. The number of hydrogen-bond donors (Lipinski definition) is 2. The molecule has 0 aromatic carbocycles. The van der Waals surface area contributed by atoms with Gasteiger partial charge in [0.05, 0.1) is 17.6 Å². The van der Waals surface area contributed by atoms with Crippen molar-refractivity contribution in [3.05, 3.63) is 47.5 Å². The van der Waals surface area contributed by atoms with Crippen molar-refractivity contribution in [1.29, 1.82) is 0 Å². The monoisotopic (exact) mass is 282 g/mol. The largest absolute Gasteiger partial charge is 0.433 e. The minimum absolute atomic E-state index is 0.171. The summed E-state index contributed by atoms with van der Waals surface area (Å²) in [5.41, 5.74) is 6.92. The molecule has 0 radical (unpaired) electrons. The molecule has 3 N–H and O–H groups in total. The molecule has 4 nitrogen and oxygen atoms in total. The Morgan fingerprint density at radius 2 is 2.05 bits per heavy atom. The third-order valence-corrected chi connectivity index (χ3v) is 2.83. The molecule has 2 heterocycles. The summed E-state index contributed by atoms with van der Waals surface area (Å²) < 4.78 is 37.8. The number of nitrogen functional groups attached to an aromatic ring is 1. The van der Waals surface area contributed by atoms with Crippen LogP contribution >= 0.6 is 0 Å². The maximum Gasteiger partial charge on any atom is 0.433 e. The first-order chi connectivity index (χ1) is 9.38. The first-order valence-electron chi connectivity index (χ1n) is 5.84. The zero-order chi connectivity index (χ0) is 14.8. The number of rotatable bonds is 3. The Morgan fingerprint density at radius 3 is 2.70 bits per heavy atom. The Balaban J connectivity index is 2.19. The van der Waals surface area contributed by atoms with Gasteiger partial charge in [0.25, 0.3) is 0 Å². The predicted octanol–water partition coefficient (Wildman–Crippen LogP) is 3.00. The lowest BCUT2D eigenvalue weighted by Gasteiger charge is -2.13. The van der Waals surface area contributed by atoms with Crippen LogP contribution in [0.15, 0.2) is 30.7 Å². The van der Waals surface area contributed by atoms with Gasteiger partial charge in [-0.3, -0.25) is 4.98 Å². The van der Waals surface area contributed by atoms with Crippen LogP contribution in [0.25, 0.3) is 0 Å². The standard InChI is InChI=1S/C13H13F3N4/c1-8-5-18-3-2-9(8)6-19-11-4-12(13(14,15)16)20-7-10(11)17/h2-5,7H,6,17H2,1H3,(H,19,20). The zero-order valence-corrected chi connectivity index (χ0v) is 10.7. The Bertz CT molecular complexity index is 611. The van der Waals surface area contributed by atoms with Crippen LogP contribution in [0.2, 0.25) is 0 Å². The van der Waals surface area contributed by atoms with Gasteiger partial charge in [0, 0.05) is 18.9 Å². The topological polar surface area (TPSA) is 63.8 Å². The number of anilines is 2. The van der Waals surface area contributed by atoms with Gasteiger partial charge >= 0.3 is 6.18 Å². The molecule has 2 rings (SSSR count). The smallest absolute Gasteiger partial charge is 0.396 e. The Morgan fingerprint density at radius 1 is 1.30 bits per heavy atom. The first-order valence-corrected chi connectivity index (χ1v) is 5.84. The highest BCUT2D eigenvalue weighted by atomic mass is 19.4. The van der Waals surface area contributed by atoms with Crippen LogP contribution < -0.4 is 11.1 Å². The molecule has 2 aromatic rings. The van der Waals surface area contributed by atoms with E-state index in [2.05, 4.69) is 15.3 Å². The Hall–Kier alpha value is -2.31. The van der Waals surface area contributed by atoms with Gasteiger partial charge in [0.2, 0.25) is 0 Å². The molecular weight excluding hydrogens is 269 g/mol. The van der Waals surface area contributed by atoms with Crippen molar-refractivity contribution >= 4 is 11.4 Å². The number of halogens is 3. The number of aryl methyl sites for hydroxylation is 1. The summed E-state index contributed by atoms with van der Waals surface area (Å²) in [7, 11) is 0. The molecule has 0 bridgehead atoms. The summed E-state index contributed by atoms with van der Waals surface area (Å²) in [6, 6.07) is 2.70. The first kappa shape index (κ1) is 14.1. The summed E-state index contributed by atoms with van der Waals surface area (Å²) in [5.74, 6) is 0. The summed E-state index contributed by atoms with van der Waals surface area (Å²) >= 11 is 0. The van der Waals surface area contributed by atoms with Crippen LogP contribution in [-0.4, -0.2) is 9.97 Å². The minimum Gasteiger partial charge on any atom is -0.396 e. The van der Waals surface area contributed by atoms with E-state index in [1.807, 2.05) is 6.92 Å². The average Bonchev–Trinajstić information content (AvgIpc) is 2.38. The van der Waals surface area contributed by atoms with Crippen LogP contribution in [0.5, 0.6) is 0 Å². The second-order valence-electron chi connectivity index (χ2n) is 4.31.